The summed E-state index contributed by atoms with van der Waals surface area (Å²) >= 11 is 3.46. The largest absolute Gasteiger partial charge is 0.492 e. The Kier molecular flexibility index (Phi) is 4.65. The van der Waals surface area contributed by atoms with Crippen molar-refractivity contribution >= 4 is 21.6 Å². The number of anilines is 1. The standard InChI is InChI=1S/C17H18BrNO2/c18-14-5-3-6-15(13-14)20-12-10-19-9-4-11-21-17-8-2-1-7-16(17)19/h1-3,5-8,13H,4,9-12H2. The second-order valence-electron chi connectivity index (χ2n) is 4.96. The summed E-state index contributed by atoms with van der Waals surface area (Å²) in [5.41, 5.74) is 1.16. The molecule has 0 aromatic heterocycles. The third-order valence-corrected chi connectivity index (χ3v) is 3.96. The first-order chi connectivity index (χ1) is 10.3. The van der Waals surface area contributed by atoms with Crippen LogP contribution in [0.3, 0.4) is 0 Å². The summed E-state index contributed by atoms with van der Waals surface area (Å²) < 4.78 is 12.6. The van der Waals surface area contributed by atoms with E-state index in [-0.39, 0.29) is 0 Å². The average molecular weight is 348 g/mol. The molecule has 0 amide bonds. The molecular weight excluding hydrogens is 330 g/mol. The number of hydrogen-bond donors (Lipinski definition) is 0. The van der Waals surface area contributed by atoms with Crippen molar-refractivity contribution in [1.29, 1.82) is 0 Å². The Morgan fingerprint density at radius 3 is 2.95 bits per heavy atom. The second kappa shape index (κ2) is 6.85. The normalized spacial score (nSPS) is 14.0. The van der Waals surface area contributed by atoms with Gasteiger partial charge >= 0.3 is 0 Å². The molecule has 0 N–H and O–H groups in total. The second-order valence-corrected chi connectivity index (χ2v) is 5.88. The Bertz CT molecular complexity index is 603. The molecule has 1 aliphatic rings. The van der Waals surface area contributed by atoms with E-state index >= 15 is 0 Å². The topological polar surface area (TPSA) is 21.7 Å². The van der Waals surface area contributed by atoms with E-state index in [0.29, 0.717) is 6.61 Å². The van der Waals surface area contributed by atoms with Crippen LogP contribution in [-0.4, -0.2) is 26.3 Å². The van der Waals surface area contributed by atoms with E-state index in [9.17, 15) is 0 Å². The van der Waals surface area contributed by atoms with Crippen molar-refractivity contribution in [3.8, 4) is 11.5 Å². The van der Waals surface area contributed by atoms with Crippen LogP contribution in [0.2, 0.25) is 0 Å². The van der Waals surface area contributed by atoms with E-state index in [2.05, 4.69) is 33.0 Å². The van der Waals surface area contributed by atoms with Gasteiger partial charge in [-0.05, 0) is 36.8 Å². The van der Waals surface area contributed by atoms with Gasteiger partial charge in [0.05, 0.1) is 18.8 Å². The van der Waals surface area contributed by atoms with Gasteiger partial charge in [-0.3, -0.25) is 0 Å². The van der Waals surface area contributed by atoms with Crippen LogP contribution in [0.4, 0.5) is 5.69 Å². The van der Waals surface area contributed by atoms with Crippen LogP contribution in [0, 0.1) is 0 Å². The van der Waals surface area contributed by atoms with E-state index in [1.54, 1.807) is 0 Å². The summed E-state index contributed by atoms with van der Waals surface area (Å²) in [6, 6.07) is 16.1. The minimum absolute atomic E-state index is 0.658. The highest BCUT2D eigenvalue weighted by Gasteiger charge is 2.15. The Labute approximate surface area is 133 Å². The summed E-state index contributed by atoms with van der Waals surface area (Å²) in [7, 11) is 0. The number of rotatable bonds is 4. The van der Waals surface area contributed by atoms with Crippen molar-refractivity contribution in [2.75, 3.05) is 31.2 Å². The molecule has 3 rings (SSSR count). The Balaban J connectivity index is 1.62. The summed E-state index contributed by atoms with van der Waals surface area (Å²) in [6.45, 7) is 3.29. The first-order valence-corrected chi connectivity index (χ1v) is 7.97. The summed E-state index contributed by atoms with van der Waals surface area (Å²) in [5.74, 6) is 1.86. The molecule has 2 aromatic carbocycles. The van der Waals surface area contributed by atoms with Crippen LogP contribution >= 0.6 is 15.9 Å². The molecule has 0 saturated carbocycles. The molecule has 1 heterocycles. The zero-order valence-corrected chi connectivity index (χ0v) is 13.4. The van der Waals surface area contributed by atoms with Gasteiger partial charge in [0.15, 0.2) is 0 Å². The minimum Gasteiger partial charge on any atom is -0.492 e. The van der Waals surface area contributed by atoms with Gasteiger partial charge in [-0.25, -0.2) is 0 Å². The van der Waals surface area contributed by atoms with Gasteiger partial charge in [-0.15, -0.1) is 0 Å². The molecule has 4 heteroatoms. The summed E-state index contributed by atoms with van der Waals surface area (Å²) in [5, 5.41) is 0. The van der Waals surface area contributed by atoms with Gasteiger partial charge in [0.2, 0.25) is 0 Å². The SMILES string of the molecule is Brc1cccc(OCCN2CCCOc3ccccc32)c1. The lowest BCUT2D eigenvalue weighted by Crippen LogP contribution is -2.28. The lowest BCUT2D eigenvalue weighted by molar-refractivity contribution is 0.317. The molecule has 0 spiro atoms. The van der Waals surface area contributed by atoms with Gasteiger partial charge in [0.1, 0.15) is 18.1 Å². The highest BCUT2D eigenvalue weighted by molar-refractivity contribution is 9.10. The number of hydrogen-bond acceptors (Lipinski definition) is 3. The zero-order valence-electron chi connectivity index (χ0n) is 11.8. The van der Waals surface area contributed by atoms with E-state index in [4.69, 9.17) is 9.47 Å². The first-order valence-electron chi connectivity index (χ1n) is 7.18. The van der Waals surface area contributed by atoms with Gasteiger partial charge in [0.25, 0.3) is 0 Å². The molecule has 2 aromatic rings. The Hall–Kier alpha value is -1.68. The highest BCUT2D eigenvalue weighted by atomic mass is 79.9. The van der Waals surface area contributed by atoms with Crippen molar-refractivity contribution in [3.63, 3.8) is 0 Å². The van der Waals surface area contributed by atoms with Crippen LogP contribution in [0.5, 0.6) is 11.5 Å². The fraction of sp³-hybridized carbons (Fsp3) is 0.294. The molecule has 0 unspecified atom stereocenters. The Morgan fingerprint density at radius 1 is 1.14 bits per heavy atom. The van der Waals surface area contributed by atoms with Crippen molar-refractivity contribution in [2.24, 2.45) is 0 Å². The lowest BCUT2D eigenvalue weighted by atomic mass is 10.2. The molecule has 21 heavy (non-hydrogen) atoms. The minimum atomic E-state index is 0.658. The van der Waals surface area contributed by atoms with Crippen LogP contribution in [0.1, 0.15) is 6.42 Å². The van der Waals surface area contributed by atoms with Crippen molar-refractivity contribution in [2.45, 2.75) is 6.42 Å². The molecule has 0 bridgehead atoms. The van der Waals surface area contributed by atoms with Crippen LogP contribution in [0.25, 0.3) is 0 Å². The monoisotopic (exact) mass is 347 g/mol. The van der Waals surface area contributed by atoms with Crippen molar-refractivity contribution in [1.82, 2.24) is 0 Å². The quantitative estimate of drug-likeness (QED) is 0.830. The summed E-state index contributed by atoms with van der Waals surface area (Å²) in [6.07, 6.45) is 1.03. The molecular formula is C17H18BrNO2. The molecule has 3 nitrogen and oxygen atoms in total. The average Bonchev–Trinajstić information content (AvgIpc) is 2.70. The third-order valence-electron chi connectivity index (χ3n) is 3.46. The number of para-hydroxylation sites is 2. The number of nitrogens with zero attached hydrogens (tertiary/aromatic N) is 1. The van der Waals surface area contributed by atoms with E-state index in [1.165, 1.54) is 0 Å². The first kappa shape index (κ1) is 14.3. The molecule has 0 saturated heterocycles. The fourth-order valence-electron chi connectivity index (χ4n) is 2.46. The van der Waals surface area contributed by atoms with Crippen LogP contribution in [0.15, 0.2) is 53.0 Å². The zero-order chi connectivity index (χ0) is 14.5. The molecule has 0 radical (unpaired) electrons. The number of halogens is 1. The molecule has 0 fully saturated rings. The van der Waals surface area contributed by atoms with E-state index in [0.717, 1.165) is 47.8 Å². The Morgan fingerprint density at radius 2 is 2.05 bits per heavy atom. The maximum Gasteiger partial charge on any atom is 0.142 e. The van der Waals surface area contributed by atoms with Crippen molar-refractivity contribution < 1.29 is 9.47 Å². The third kappa shape index (κ3) is 3.70. The molecule has 0 aliphatic carbocycles. The highest BCUT2D eigenvalue weighted by Crippen LogP contribution is 2.30. The van der Waals surface area contributed by atoms with Gasteiger partial charge in [-0.1, -0.05) is 34.1 Å². The van der Waals surface area contributed by atoms with Crippen LogP contribution in [-0.2, 0) is 0 Å². The number of benzene rings is 2. The predicted molar refractivity (Wildman–Crippen MR) is 88.4 cm³/mol. The molecule has 1 aliphatic heterocycles. The molecule has 110 valence electrons. The maximum atomic E-state index is 5.83. The maximum absolute atomic E-state index is 5.83. The smallest absolute Gasteiger partial charge is 0.142 e. The summed E-state index contributed by atoms with van der Waals surface area (Å²) in [4.78, 5) is 2.33. The van der Waals surface area contributed by atoms with Crippen molar-refractivity contribution in [3.05, 3.63) is 53.0 Å². The van der Waals surface area contributed by atoms with E-state index in [1.807, 2.05) is 36.4 Å². The number of ether oxygens (including phenoxy) is 2. The van der Waals surface area contributed by atoms with Crippen LogP contribution < -0.4 is 14.4 Å². The van der Waals surface area contributed by atoms with Gasteiger partial charge in [0, 0.05) is 11.0 Å². The molecule has 0 atom stereocenters. The van der Waals surface area contributed by atoms with E-state index < -0.39 is 0 Å². The van der Waals surface area contributed by atoms with Gasteiger partial charge < -0.3 is 14.4 Å². The lowest BCUT2D eigenvalue weighted by Gasteiger charge is -2.23. The number of fused-ring (bicyclic) bond motifs is 1. The predicted octanol–water partition coefficient (Wildman–Crippen LogP) is 4.12. The fourth-order valence-corrected chi connectivity index (χ4v) is 2.84. The van der Waals surface area contributed by atoms with Gasteiger partial charge in [-0.2, -0.15) is 0 Å².